The number of nitrogens with two attached hydrogens (primary N) is 1. The molecule has 2 aromatic rings. The van der Waals surface area contributed by atoms with Crippen LogP contribution in [0.25, 0.3) is 0 Å². The maximum Gasteiger partial charge on any atom is 0.217 e. The van der Waals surface area contributed by atoms with Gasteiger partial charge in [-0.3, -0.25) is 4.79 Å². The summed E-state index contributed by atoms with van der Waals surface area (Å²) in [4.78, 5) is 12.9. The lowest BCUT2D eigenvalue weighted by atomic mass is 9.89. The van der Waals surface area contributed by atoms with E-state index in [1.807, 2.05) is 54.6 Å². The molecule has 0 saturated heterocycles. The van der Waals surface area contributed by atoms with Crippen molar-refractivity contribution in [3.63, 3.8) is 0 Å². The van der Waals surface area contributed by atoms with Gasteiger partial charge in [-0.2, -0.15) is 0 Å². The second kappa shape index (κ2) is 12.8. The summed E-state index contributed by atoms with van der Waals surface area (Å²) in [5.74, 6) is 0.653. The standard InChI is InChI=1S/C25H37N3O3S/c1-19(29)27-23(16-20-8-6-5-7-9-20)24(30)17-28(18-25(2,3)14-15-26)32-22-12-10-21(31-4)11-13-22/h5-13,23-24,30H,14-18,26H2,1-4H3,(H,27,29). The molecular weight excluding hydrogens is 422 g/mol. The van der Waals surface area contributed by atoms with E-state index in [-0.39, 0.29) is 17.4 Å². The van der Waals surface area contributed by atoms with Crippen molar-refractivity contribution in [1.29, 1.82) is 0 Å². The van der Waals surface area contributed by atoms with Gasteiger partial charge in [-0.25, -0.2) is 4.31 Å². The summed E-state index contributed by atoms with van der Waals surface area (Å²) in [6.45, 7) is 7.61. The van der Waals surface area contributed by atoms with Gasteiger partial charge in [0.1, 0.15) is 5.75 Å². The maximum atomic E-state index is 11.8. The van der Waals surface area contributed by atoms with Crippen LogP contribution in [0.1, 0.15) is 32.8 Å². The van der Waals surface area contributed by atoms with E-state index in [1.54, 1.807) is 19.1 Å². The number of amides is 1. The molecule has 176 valence electrons. The molecule has 0 heterocycles. The molecule has 2 rings (SSSR count). The van der Waals surface area contributed by atoms with Crippen molar-refractivity contribution in [2.45, 2.75) is 50.7 Å². The van der Waals surface area contributed by atoms with E-state index in [0.29, 0.717) is 19.5 Å². The van der Waals surface area contributed by atoms with Crippen LogP contribution in [-0.4, -0.2) is 54.2 Å². The van der Waals surface area contributed by atoms with Crippen LogP contribution in [0.2, 0.25) is 0 Å². The molecule has 0 aromatic heterocycles. The summed E-state index contributed by atoms with van der Waals surface area (Å²) in [5.41, 5.74) is 6.88. The molecule has 2 atom stereocenters. The Morgan fingerprint density at radius 1 is 1.19 bits per heavy atom. The minimum Gasteiger partial charge on any atom is -0.497 e. The number of carbonyl (C=O) groups excluding carboxylic acids is 1. The number of nitrogens with zero attached hydrogens (tertiary/aromatic N) is 1. The summed E-state index contributed by atoms with van der Waals surface area (Å²) >= 11 is 1.60. The Morgan fingerprint density at radius 2 is 1.84 bits per heavy atom. The first-order valence-electron chi connectivity index (χ1n) is 11.0. The largest absolute Gasteiger partial charge is 0.497 e. The fraction of sp³-hybridized carbons (Fsp3) is 0.480. The van der Waals surface area contributed by atoms with Gasteiger partial charge in [0.2, 0.25) is 5.91 Å². The van der Waals surface area contributed by atoms with E-state index >= 15 is 0 Å². The maximum absolute atomic E-state index is 11.8. The number of benzene rings is 2. The van der Waals surface area contributed by atoms with Crippen molar-refractivity contribution in [2.24, 2.45) is 11.1 Å². The van der Waals surface area contributed by atoms with Gasteiger partial charge < -0.3 is 20.9 Å². The summed E-state index contributed by atoms with van der Waals surface area (Å²) in [7, 11) is 1.65. The van der Waals surface area contributed by atoms with Crippen molar-refractivity contribution >= 4 is 17.9 Å². The zero-order valence-corrected chi connectivity index (χ0v) is 20.4. The highest BCUT2D eigenvalue weighted by molar-refractivity contribution is 7.97. The fourth-order valence-electron chi connectivity index (χ4n) is 3.62. The number of carbonyl (C=O) groups is 1. The van der Waals surface area contributed by atoms with Gasteiger partial charge in [-0.05, 0) is 66.6 Å². The second-order valence-electron chi connectivity index (χ2n) is 8.86. The molecule has 1 amide bonds. The number of aliphatic hydroxyl groups is 1. The zero-order chi connectivity index (χ0) is 23.6. The van der Waals surface area contributed by atoms with Gasteiger partial charge in [0, 0.05) is 24.9 Å². The molecule has 0 spiro atoms. The van der Waals surface area contributed by atoms with Crippen molar-refractivity contribution in [1.82, 2.24) is 9.62 Å². The molecule has 0 aliphatic heterocycles. The predicted molar refractivity (Wildman–Crippen MR) is 132 cm³/mol. The summed E-state index contributed by atoms with van der Waals surface area (Å²) in [5, 5.41) is 14.1. The van der Waals surface area contributed by atoms with Crippen LogP contribution in [0.4, 0.5) is 0 Å². The molecule has 2 aromatic carbocycles. The van der Waals surface area contributed by atoms with E-state index in [0.717, 1.165) is 29.2 Å². The Labute approximate surface area is 196 Å². The van der Waals surface area contributed by atoms with E-state index in [2.05, 4.69) is 23.5 Å². The molecule has 4 N–H and O–H groups in total. The normalized spacial score (nSPS) is 13.6. The Hall–Kier alpha value is -2.06. The number of aliphatic hydroxyl groups excluding tert-OH is 1. The van der Waals surface area contributed by atoms with Crippen molar-refractivity contribution in [2.75, 3.05) is 26.7 Å². The van der Waals surface area contributed by atoms with Crippen LogP contribution >= 0.6 is 11.9 Å². The molecule has 7 heteroatoms. The molecule has 2 unspecified atom stereocenters. The van der Waals surface area contributed by atoms with Crippen LogP contribution in [0.5, 0.6) is 5.75 Å². The van der Waals surface area contributed by atoms with E-state index in [1.165, 1.54) is 6.92 Å². The SMILES string of the molecule is COc1ccc(SN(CC(O)C(Cc2ccccc2)NC(C)=O)CC(C)(C)CCN)cc1. The van der Waals surface area contributed by atoms with Crippen molar-refractivity contribution in [3.05, 3.63) is 60.2 Å². The van der Waals surface area contributed by atoms with Gasteiger partial charge in [0.05, 0.1) is 19.3 Å². The van der Waals surface area contributed by atoms with E-state index in [4.69, 9.17) is 10.5 Å². The third-order valence-corrected chi connectivity index (χ3v) is 6.28. The summed E-state index contributed by atoms with van der Waals surface area (Å²) in [6.07, 6.45) is 0.704. The lowest BCUT2D eigenvalue weighted by Gasteiger charge is -2.34. The lowest BCUT2D eigenvalue weighted by Crippen LogP contribution is -2.49. The third kappa shape index (κ3) is 9.20. The van der Waals surface area contributed by atoms with Gasteiger partial charge in [-0.1, -0.05) is 44.2 Å². The van der Waals surface area contributed by atoms with Crippen LogP contribution in [0.15, 0.2) is 59.5 Å². The molecule has 0 bridgehead atoms. The van der Waals surface area contributed by atoms with Crippen molar-refractivity contribution in [3.8, 4) is 5.75 Å². The van der Waals surface area contributed by atoms with Crippen LogP contribution in [0, 0.1) is 5.41 Å². The lowest BCUT2D eigenvalue weighted by molar-refractivity contribution is -0.120. The van der Waals surface area contributed by atoms with E-state index < -0.39 is 6.10 Å². The van der Waals surface area contributed by atoms with Crippen molar-refractivity contribution < 1.29 is 14.6 Å². The van der Waals surface area contributed by atoms with Crippen LogP contribution in [-0.2, 0) is 11.2 Å². The first kappa shape index (κ1) is 26.2. The van der Waals surface area contributed by atoms with Crippen LogP contribution in [0.3, 0.4) is 0 Å². The Kier molecular flexibility index (Phi) is 10.5. The number of hydrogen-bond donors (Lipinski definition) is 3. The molecule has 0 fully saturated rings. The number of rotatable bonds is 13. The second-order valence-corrected chi connectivity index (χ2v) is 10.0. The number of ether oxygens (including phenoxy) is 1. The summed E-state index contributed by atoms with van der Waals surface area (Å²) < 4.78 is 7.43. The Balaban J connectivity index is 2.18. The Bertz CT molecular complexity index is 815. The van der Waals surface area contributed by atoms with E-state index in [9.17, 15) is 9.90 Å². The van der Waals surface area contributed by atoms with Gasteiger partial charge >= 0.3 is 0 Å². The highest BCUT2D eigenvalue weighted by atomic mass is 32.2. The smallest absolute Gasteiger partial charge is 0.217 e. The number of nitrogens with one attached hydrogen (secondary N) is 1. The fourth-order valence-corrected chi connectivity index (χ4v) is 4.81. The third-order valence-electron chi connectivity index (χ3n) is 5.26. The molecule has 0 radical (unpaired) electrons. The minimum atomic E-state index is -0.737. The monoisotopic (exact) mass is 459 g/mol. The molecule has 0 aliphatic rings. The van der Waals surface area contributed by atoms with Gasteiger partial charge in [-0.15, -0.1) is 0 Å². The average molecular weight is 460 g/mol. The predicted octanol–water partition coefficient (Wildman–Crippen LogP) is 3.49. The topological polar surface area (TPSA) is 87.8 Å². The Morgan fingerprint density at radius 3 is 2.41 bits per heavy atom. The minimum absolute atomic E-state index is 0.0170. The first-order valence-corrected chi connectivity index (χ1v) is 11.8. The average Bonchev–Trinajstić information content (AvgIpc) is 2.73. The number of methoxy groups -OCH3 is 1. The first-order chi connectivity index (χ1) is 15.2. The molecule has 32 heavy (non-hydrogen) atoms. The van der Waals surface area contributed by atoms with Gasteiger partial charge in [0.15, 0.2) is 0 Å². The molecule has 6 nitrogen and oxygen atoms in total. The molecular formula is C25H37N3O3S. The highest BCUT2D eigenvalue weighted by Crippen LogP contribution is 2.30. The van der Waals surface area contributed by atoms with Gasteiger partial charge in [0.25, 0.3) is 0 Å². The highest BCUT2D eigenvalue weighted by Gasteiger charge is 2.27. The molecule has 0 saturated carbocycles. The quantitative estimate of drug-likeness (QED) is 0.398. The summed E-state index contributed by atoms with van der Waals surface area (Å²) in [6, 6.07) is 17.4. The number of hydrogen-bond acceptors (Lipinski definition) is 6. The van der Waals surface area contributed by atoms with Crippen LogP contribution < -0.4 is 15.8 Å². The zero-order valence-electron chi connectivity index (χ0n) is 19.6. The molecule has 0 aliphatic carbocycles.